The molecule has 5 aromatic rings. The molecule has 1 N–H and O–H groups in total. The maximum absolute atomic E-state index is 13.1. The number of aromatic nitrogens is 7. The Bertz CT molecular complexity index is 1360. The fourth-order valence-electron chi connectivity index (χ4n) is 3.03. The topological polar surface area (TPSA) is 103 Å². The number of halogens is 1. The van der Waals surface area contributed by atoms with Crippen molar-refractivity contribution in [3.05, 3.63) is 76.6 Å². The summed E-state index contributed by atoms with van der Waals surface area (Å²) in [4.78, 5) is 32.6. The average Bonchev–Trinajstić information content (AvgIpc) is 3.34. The number of ether oxygens (including phenoxy) is 1. The largest absolute Gasteiger partial charge is 0.470 e. The van der Waals surface area contributed by atoms with Gasteiger partial charge in [0.1, 0.15) is 29.3 Å². The van der Waals surface area contributed by atoms with E-state index in [1.807, 2.05) is 30.3 Å². The van der Waals surface area contributed by atoms with Gasteiger partial charge in [-0.1, -0.05) is 29.8 Å². The van der Waals surface area contributed by atoms with Crippen LogP contribution in [0.3, 0.4) is 0 Å². The summed E-state index contributed by atoms with van der Waals surface area (Å²) in [6, 6.07) is 11.0. The van der Waals surface area contributed by atoms with Crippen LogP contribution in [-0.2, 0) is 6.61 Å². The first-order valence-electron chi connectivity index (χ1n) is 8.32. The van der Waals surface area contributed by atoms with Crippen LogP contribution in [0.15, 0.2) is 60.0 Å². The van der Waals surface area contributed by atoms with E-state index in [1.54, 1.807) is 6.07 Å². The van der Waals surface area contributed by atoms with Gasteiger partial charge in [0.2, 0.25) is 5.88 Å². The summed E-state index contributed by atoms with van der Waals surface area (Å²) >= 11 is 6.14. The van der Waals surface area contributed by atoms with E-state index < -0.39 is 0 Å². The molecule has 0 amide bonds. The van der Waals surface area contributed by atoms with Crippen molar-refractivity contribution in [1.82, 2.24) is 33.9 Å². The Morgan fingerprint density at radius 1 is 1.11 bits per heavy atom. The van der Waals surface area contributed by atoms with Crippen LogP contribution in [0.1, 0.15) is 5.69 Å². The Kier molecular flexibility index (Phi) is 3.80. The molecule has 5 rings (SSSR count). The number of fused-ring (bicyclic) bond motifs is 2. The highest BCUT2D eigenvalue weighted by Gasteiger charge is 2.15. The molecule has 1 aromatic carbocycles. The van der Waals surface area contributed by atoms with Gasteiger partial charge in [-0.3, -0.25) is 4.57 Å². The number of para-hydroxylation sites is 1. The molecule has 0 spiro atoms. The summed E-state index contributed by atoms with van der Waals surface area (Å²) in [6.07, 6.45) is 4.34. The third-order valence-corrected chi connectivity index (χ3v) is 4.54. The molecule has 28 heavy (non-hydrogen) atoms. The van der Waals surface area contributed by atoms with E-state index in [2.05, 4.69) is 24.9 Å². The first-order chi connectivity index (χ1) is 13.7. The van der Waals surface area contributed by atoms with Crippen molar-refractivity contribution in [2.75, 3.05) is 0 Å². The molecule has 0 saturated carbocycles. The summed E-state index contributed by atoms with van der Waals surface area (Å²) in [5, 5.41) is 0.243. The second kappa shape index (κ2) is 6.46. The fourth-order valence-corrected chi connectivity index (χ4v) is 3.23. The minimum absolute atomic E-state index is 0.0796. The predicted molar refractivity (Wildman–Crippen MR) is 102 cm³/mol. The molecule has 4 heterocycles. The highest BCUT2D eigenvalue weighted by Crippen LogP contribution is 2.20. The number of imidazole rings is 2. The molecule has 0 radical (unpaired) electrons. The Morgan fingerprint density at radius 2 is 1.96 bits per heavy atom. The molecule has 10 heteroatoms. The number of hydrogen-bond donors (Lipinski definition) is 1. The smallest absolute Gasteiger partial charge is 0.340 e. The van der Waals surface area contributed by atoms with Crippen LogP contribution < -0.4 is 10.4 Å². The second-order valence-corrected chi connectivity index (χ2v) is 6.32. The molecule has 0 aliphatic heterocycles. The SMILES string of the molecule is O=c1n(-c2ccccc2)c(COc2ncnc3nc[nH]c23)cc2ncc(Cl)n12. The lowest BCUT2D eigenvalue weighted by Gasteiger charge is -2.14. The maximum Gasteiger partial charge on any atom is 0.340 e. The van der Waals surface area contributed by atoms with Gasteiger partial charge in [-0.2, -0.15) is 4.98 Å². The van der Waals surface area contributed by atoms with Crippen LogP contribution in [0, 0.1) is 0 Å². The zero-order chi connectivity index (χ0) is 19.1. The number of benzene rings is 1. The molecule has 0 aliphatic rings. The van der Waals surface area contributed by atoms with Crippen molar-refractivity contribution in [3.8, 4) is 11.6 Å². The van der Waals surface area contributed by atoms with Crippen LogP contribution in [0.25, 0.3) is 22.5 Å². The monoisotopic (exact) mass is 393 g/mol. The van der Waals surface area contributed by atoms with E-state index in [4.69, 9.17) is 16.3 Å². The summed E-state index contributed by atoms with van der Waals surface area (Å²) in [5.74, 6) is 0.343. The van der Waals surface area contributed by atoms with Gasteiger partial charge in [-0.15, -0.1) is 0 Å². The number of aromatic amines is 1. The van der Waals surface area contributed by atoms with Gasteiger partial charge in [-0.25, -0.2) is 24.1 Å². The molecule has 0 fully saturated rings. The minimum Gasteiger partial charge on any atom is -0.470 e. The lowest BCUT2D eigenvalue weighted by atomic mass is 10.3. The van der Waals surface area contributed by atoms with E-state index in [1.165, 1.54) is 27.8 Å². The van der Waals surface area contributed by atoms with Gasteiger partial charge in [0.25, 0.3) is 0 Å². The normalized spacial score (nSPS) is 11.3. The summed E-state index contributed by atoms with van der Waals surface area (Å²) < 4.78 is 8.76. The van der Waals surface area contributed by atoms with Crippen LogP contribution >= 0.6 is 11.6 Å². The third-order valence-electron chi connectivity index (χ3n) is 4.27. The van der Waals surface area contributed by atoms with Crippen LogP contribution in [0.5, 0.6) is 5.88 Å². The molecule has 0 unspecified atom stereocenters. The van der Waals surface area contributed by atoms with Gasteiger partial charge >= 0.3 is 5.69 Å². The molecule has 0 saturated heterocycles. The van der Waals surface area contributed by atoms with Gasteiger partial charge in [0.05, 0.1) is 23.9 Å². The van der Waals surface area contributed by atoms with Crippen molar-refractivity contribution in [1.29, 1.82) is 0 Å². The highest BCUT2D eigenvalue weighted by atomic mass is 35.5. The molecule has 0 aliphatic carbocycles. The zero-order valence-corrected chi connectivity index (χ0v) is 15.0. The Balaban J connectivity index is 1.64. The summed E-state index contributed by atoms with van der Waals surface area (Å²) in [6.45, 7) is 0.0796. The number of H-pyrrole nitrogens is 1. The lowest BCUT2D eigenvalue weighted by Crippen LogP contribution is -2.28. The Labute approximate surface area is 162 Å². The first-order valence-corrected chi connectivity index (χ1v) is 8.70. The molecule has 4 aromatic heterocycles. The van der Waals surface area contributed by atoms with Crippen molar-refractivity contribution in [3.63, 3.8) is 0 Å². The highest BCUT2D eigenvalue weighted by molar-refractivity contribution is 6.29. The molecule has 9 nitrogen and oxygen atoms in total. The zero-order valence-electron chi connectivity index (χ0n) is 14.3. The van der Waals surface area contributed by atoms with Crippen molar-refractivity contribution >= 4 is 28.4 Å². The fraction of sp³-hybridized carbons (Fsp3) is 0.0556. The van der Waals surface area contributed by atoms with E-state index >= 15 is 0 Å². The second-order valence-electron chi connectivity index (χ2n) is 5.93. The van der Waals surface area contributed by atoms with Gasteiger partial charge < -0.3 is 9.72 Å². The Morgan fingerprint density at radius 3 is 2.82 bits per heavy atom. The number of nitrogens with zero attached hydrogens (tertiary/aromatic N) is 6. The van der Waals surface area contributed by atoms with E-state index in [0.717, 1.165) is 0 Å². The van der Waals surface area contributed by atoms with Crippen LogP contribution in [-0.4, -0.2) is 33.9 Å². The van der Waals surface area contributed by atoms with Crippen molar-refractivity contribution in [2.24, 2.45) is 0 Å². The standard InChI is InChI=1S/C18H12ClN7O2/c19-13-7-20-14-6-12(8-28-17-15-16(22-9-21-15)23-10-24-17)25(18(27)26(13)14)11-4-2-1-3-5-11/h1-7,9-10H,8H2,(H,21,22,23,24). The average molecular weight is 394 g/mol. The van der Waals surface area contributed by atoms with Gasteiger partial charge in [0, 0.05) is 6.07 Å². The third kappa shape index (κ3) is 2.60. The molecular weight excluding hydrogens is 382 g/mol. The van der Waals surface area contributed by atoms with Crippen molar-refractivity contribution in [2.45, 2.75) is 6.61 Å². The molecule has 0 bridgehead atoms. The van der Waals surface area contributed by atoms with E-state index in [9.17, 15) is 4.79 Å². The number of nitrogens with one attached hydrogen (secondary N) is 1. The Hall–Kier alpha value is -3.72. The molecular formula is C18H12ClN7O2. The van der Waals surface area contributed by atoms with E-state index in [0.29, 0.717) is 34.1 Å². The number of rotatable bonds is 4. The lowest BCUT2D eigenvalue weighted by molar-refractivity contribution is 0.288. The van der Waals surface area contributed by atoms with Crippen LogP contribution in [0.2, 0.25) is 5.15 Å². The summed E-state index contributed by atoms with van der Waals surface area (Å²) in [7, 11) is 0. The minimum atomic E-state index is -0.334. The van der Waals surface area contributed by atoms with Crippen molar-refractivity contribution < 1.29 is 4.74 Å². The molecule has 138 valence electrons. The maximum atomic E-state index is 13.1. The summed E-state index contributed by atoms with van der Waals surface area (Å²) in [5.41, 5.74) is 2.47. The van der Waals surface area contributed by atoms with Gasteiger partial charge in [0.15, 0.2) is 5.65 Å². The number of hydrogen-bond acceptors (Lipinski definition) is 6. The predicted octanol–water partition coefficient (Wildman–Crippen LogP) is 2.38. The van der Waals surface area contributed by atoms with Crippen LogP contribution in [0.4, 0.5) is 0 Å². The quantitative estimate of drug-likeness (QED) is 0.503. The van der Waals surface area contributed by atoms with Gasteiger partial charge in [-0.05, 0) is 12.1 Å². The van der Waals surface area contributed by atoms with E-state index in [-0.39, 0.29) is 17.4 Å². The molecule has 0 atom stereocenters. The first kappa shape index (κ1) is 16.5.